The maximum atomic E-state index is 11.7. The minimum Gasteiger partial charge on any atom is -0.351 e. The van der Waals surface area contributed by atoms with Crippen LogP contribution in [0.15, 0.2) is 24.3 Å². The van der Waals surface area contributed by atoms with E-state index in [1.54, 1.807) is 12.1 Å². The molecule has 0 aromatic heterocycles. The van der Waals surface area contributed by atoms with Crippen LogP contribution in [-0.2, 0) is 4.79 Å². The minimum absolute atomic E-state index is 0.0637. The van der Waals surface area contributed by atoms with Gasteiger partial charge in [0.05, 0.1) is 6.04 Å². The van der Waals surface area contributed by atoms with Gasteiger partial charge in [-0.2, -0.15) is 0 Å². The van der Waals surface area contributed by atoms with E-state index in [-0.39, 0.29) is 18.0 Å². The molecule has 0 radical (unpaired) electrons. The third-order valence-corrected chi connectivity index (χ3v) is 3.03. The number of carbonyl (C=O) groups is 2. The fourth-order valence-corrected chi connectivity index (χ4v) is 1.76. The first-order valence-corrected chi connectivity index (χ1v) is 6.63. The van der Waals surface area contributed by atoms with E-state index in [0.717, 1.165) is 12.0 Å². The van der Waals surface area contributed by atoms with Gasteiger partial charge in [0.2, 0.25) is 5.91 Å². The van der Waals surface area contributed by atoms with Crippen molar-refractivity contribution in [3.63, 3.8) is 0 Å². The van der Waals surface area contributed by atoms with Crippen LogP contribution in [0.3, 0.4) is 0 Å². The Morgan fingerprint density at radius 2 is 1.85 bits per heavy atom. The fourth-order valence-electron chi connectivity index (χ4n) is 1.76. The molecule has 110 valence electrons. The van der Waals surface area contributed by atoms with E-state index in [0.29, 0.717) is 12.1 Å². The van der Waals surface area contributed by atoms with Crippen LogP contribution in [0.25, 0.3) is 0 Å². The number of primary amides is 1. The Balaban J connectivity index is 2.57. The molecule has 0 aliphatic heterocycles. The molecule has 6 heteroatoms. The molecule has 0 heterocycles. The molecule has 0 fully saturated rings. The van der Waals surface area contributed by atoms with Crippen molar-refractivity contribution in [1.82, 2.24) is 5.32 Å². The van der Waals surface area contributed by atoms with Gasteiger partial charge in [0.1, 0.15) is 0 Å². The van der Waals surface area contributed by atoms with E-state index in [1.807, 2.05) is 26.0 Å². The molecule has 1 rings (SSSR count). The van der Waals surface area contributed by atoms with Gasteiger partial charge in [-0.05, 0) is 31.0 Å². The average Bonchev–Trinajstić information content (AvgIpc) is 2.38. The van der Waals surface area contributed by atoms with Crippen molar-refractivity contribution in [2.45, 2.75) is 38.8 Å². The van der Waals surface area contributed by atoms with Crippen molar-refractivity contribution in [2.24, 2.45) is 11.5 Å². The molecular weight excluding hydrogens is 256 g/mol. The molecule has 2 atom stereocenters. The monoisotopic (exact) mass is 278 g/mol. The summed E-state index contributed by atoms with van der Waals surface area (Å²) in [5, 5.41) is 5.37. The van der Waals surface area contributed by atoms with Crippen LogP contribution < -0.4 is 22.1 Å². The Bertz CT molecular complexity index is 459. The molecule has 6 nitrogen and oxygen atoms in total. The van der Waals surface area contributed by atoms with Crippen molar-refractivity contribution in [3.05, 3.63) is 29.8 Å². The summed E-state index contributed by atoms with van der Waals surface area (Å²) in [5.41, 5.74) is 12.3. The molecule has 1 aromatic rings. The van der Waals surface area contributed by atoms with Crippen LogP contribution in [0.4, 0.5) is 10.5 Å². The van der Waals surface area contributed by atoms with Gasteiger partial charge >= 0.3 is 6.03 Å². The normalized spacial score (nSPS) is 13.3. The molecule has 2 unspecified atom stereocenters. The van der Waals surface area contributed by atoms with E-state index >= 15 is 0 Å². The van der Waals surface area contributed by atoms with Gasteiger partial charge < -0.3 is 22.1 Å². The Kier molecular flexibility index (Phi) is 5.99. The zero-order chi connectivity index (χ0) is 15.1. The van der Waals surface area contributed by atoms with Crippen LogP contribution in [0.5, 0.6) is 0 Å². The number of nitrogens with one attached hydrogen (secondary N) is 2. The van der Waals surface area contributed by atoms with Crippen molar-refractivity contribution in [1.29, 1.82) is 0 Å². The van der Waals surface area contributed by atoms with E-state index in [4.69, 9.17) is 11.5 Å². The summed E-state index contributed by atoms with van der Waals surface area (Å²) in [7, 11) is 0. The predicted molar refractivity (Wildman–Crippen MR) is 79.1 cm³/mol. The summed E-state index contributed by atoms with van der Waals surface area (Å²) >= 11 is 0. The highest BCUT2D eigenvalue weighted by molar-refractivity contribution is 5.87. The summed E-state index contributed by atoms with van der Waals surface area (Å²) in [6.07, 6.45) is 1.09. The topological polar surface area (TPSA) is 110 Å². The lowest BCUT2D eigenvalue weighted by Crippen LogP contribution is -2.32. The first-order chi connectivity index (χ1) is 9.42. The molecule has 6 N–H and O–H groups in total. The van der Waals surface area contributed by atoms with Crippen LogP contribution in [0, 0.1) is 0 Å². The van der Waals surface area contributed by atoms with Gasteiger partial charge in [0, 0.05) is 18.2 Å². The average molecular weight is 278 g/mol. The van der Waals surface area contributed by atoms with Crippen LogP contribution in [0.1, 0.15) is 38.3 Å². The highest BCUT2D eigenvalue weighted by Crippen LogP contribution is 2.16. The Morgan fingerprint density at radius 1 is 1.25 bits per heavy atom. The summed E-state index contributed by atoms with van der Waals surface area (Å²) in [6, 6.07) is 6.30. The molecule has 0 aliphatic carbocycles. The van der Waals surface area contributed by atoms with Gasteiger partial charge in [0.15, 0.2) is 0 Å². The lowest BCUT2D eigenvalue weighted by atomic mass is 10.1. The summed E-state index contributed by atoms with van der Waals surface area (Å²) < 4.78 is 0. The third kappa shape index (κ3) is 5.27. The second-order valence-electron chi connectivity index (χ2n) is 4.77. The first kappa shape index (κ1) is 16.0. The zero-order valence-corrected chi connectivity index (χ0v) is 11.8. The molecular formula is C14H22N4O2. The molecule has 1 aromatic carbocycles. The van der Waals surface area contributed by atoms with Gasteiger partial charge in [-0.3, -0.25) is 4.79 Å². The second-order valence-corrected chi connectivity index (χ2v) is 4.77. The zero-order valence-electron chi connectivity index (χ0n) is 11.8. The predicted octanol–water partition coefficient (Wildman–Crippen LogP) is 1.48. The highest BCUT2D eigenvalue weighted by Gasteiger charge is 2.12. The molecule has 3 amide bonds. The molecule has 0 saturated carbocycles. The Labute approximate surface area is 118 Å². The van der Waals surface area contributed by atoms with Crippen molar-refractivity contribution in [2.75, 3.05) is 5.32 Å². The highest BCUT2D eigenvalue weighted by atomic mass is 16.2. The van der Waals surface area contributed by atoms with E-state index in [2.05, 4.69) is 10.6 Å². The summed E-state index contributed by atoms with van der Waals surface area (Å²) in [5.74, 6) is -0.0637. The molecule has 0 aliphatic rings. The number of amides is 3. The number of hydrogen-bond donors (Lipinski definition) is 4. The number of nitrogens with two attached hydrogens (primary N) is 2. The number of carbonyl (C=O) groups excluding carboxylic acids is 2. The number of rotatable bonds is 6. The maximum Gasteiger partial charge on any atom is 0.316 e. The molecule has 20 heavy (non-hydrogen) atoms. The molecule has 0 spiro atoms. The summed E-state index contributed by atoms with van der Waals surface area (Å²) in [6.45, 7) is 3.84. The largest absolute Gasteiger partial charge is 0.351 e. The van der Waals surface area contributed by atoms with Crippen LogP contribution >= 0.6 is 0 Å². The Morgan fingerprint density at radius 3 is 2.35 bits per heavy atom. The quantitative estimate of drug-likeness (QED) is 0.632. The maximum absolute atomic E-state index is 11.7. The second kappa shape index (κ2) is 7.49. The standard InChI is InChI=1S/C14H22N4O2/c1-3-11(15)8-13(19)17-9(2)10-4-6-12(7-5-10)18-14(16)20/h4-7,9,11H,3,8,15H2,1-2H3,(H,17,19)(H3,16,18,20). The fraction of sp³-hybridized carbons (Fsp3) is 0.429. The first-order valence-electron chi connectivity index (χ1n) is 6.63. The van der Waals surface area contributed by atoms with Crippen LogP contribution in [0.2, 0.25) is 0 Å². The van der Waals surface area contributed by atoms with Gasteiger partial charge in [-0.1, -0.05) is 19.1 Å². The number of urea groups is 1. The number of hydrogen-bond acceptors (Lipinski definition) is 3. The molecule has 0 saturated heterocycles. The SMILES string of the molecule is CCC(N)CC(=O)NC(C)c1ccc(NC(N)=O)cc1. The molecule has 0 bridgehead atoms. The lowest BCUT2D eigenvalue weighted by Gasteiger charge is -2.16. The van der Waals surface area contributed by atoms with E-state index in [9.17, 15) is 9.59 Å². The smallest absolute Gasteiger partial charge is 0.316 e. The van der Waals surface area contributed by atoms with E-state index < -0.39 is 6.03 Å². The van der Waals surface area contributed by atoms with Gasteiger partial charge in [0.25, 0.3) is 0 Å². The van der Waals surface area contributed by atoms with Gasteiger partial charge in [-0.15, -0.1) is 0 Å². The minimum atomic E-state index is -0.604. The Hall–Kier alpha value is -2.08. The van der Waals surface area contributed by atoms with E-state index in [1.165, 1.54) is 0 Å². The van der Waals surface area contributed by atoms with Crippen molar-refractivity contribution >= 4 is 17.6 Å². The van der Waals surface area contributed by atoms with Crippen molar-refractivity contribution < 1.29 is 9.59 Å². The lowest BCUT2D eigenvalue weighted by molar-refractivity contribution is -0.122. The number of benzene rings is 1. The third-order valence-electron chi connectivity index (χ3n) is 3.03. The summed E-state index contributed by atoms with van der Waals surface area (Å²) in [4.78, 5) is 22.5. The number of anilines is 1. The van der Waals surface area contributed by atoms with Gasteiger partial charge in [-0.25, -0.2) is 4.79 Å². The van der Waals surface area contributed by atoms with Crippen LogP contribution in [-0.4, -0.2) is 18.0 Å². The van der Waals surface area contributed by atoms with Crippen molar-refractivity contribution in [3.8, 4) is 0 Å².